The molecule has 0 saturated heterocycles. The lowest BCUT2D eigenvalue weighted by Crippen LogP contribution is -2.26. The highest BCUT2D eigenvalue weighted by Crippen LogP contribution is 2.67. The number of thiophene rings is 1. The summed E-state index contributed by atoms with van der Waals surface area (Å²) in [5, 5.41) is 5.17. The number of rotatable bonds is 4. The first-order chi connectivity index (χ1) is 28.9. The van der Waals surface area contributed by atoms with E-state index >= 15 is 0 Å². The van der Waals surface area contributed by atoms with Crippen molar-refractivity contribution in [2.24, 2.45) is 0 Å². The van der Waals surface area contributed by atoms with Crippen molar-refractivity contribution in [1.29, 1.82) is 0 Å². The zero-order chi connectivity index (χ0) is 39.5. The smallest absolute Gasteiger partial charge is 0.0727 e. The summed E-state index contributed by atoms with van der Waals surface area (Å²) in [7, 11) is 0. The van der Waals surface area contributed by atoms with E-state index in [1.165, 1.54) is 97.8 Å². The second-order valence-corrected chi connectivity index (χ2v) is 18.3. The summed E-state index contributed by atoms with van der Waals surface area (Å²) in [5.74, 6) is 0. The highest BCUT2D eigenvalue weighted by molar-refractivity contribution is 7.26. The summed E-state index contributed by atoms with van der Waals surface area (Å²) in [4.78, 5) is 2.53. The molecule has 0 bridgehead atoms. The van der Waals surface area contributed by atoms with Crippen molar-refractivity contribution in [3.05, 3.63) is 222 Å². The molecule has 59 heavy (non-hydrogen) atoms. The molecule has 1 spiro atoms. The van der Waals surface area contributed by atoms with Crippen molar-refractivity contribution in [2.75, 3.05) is 4.90 Å². The van der Waals surface area contributed by atoms with Crippen LogP contribution in [0, 0.1) is 0 Å². The van der Waals surface area contributed by atoms with Crippen LogP contribution in [0.15, 0.2) is 194 Å². The van der Waals surface area contributed by atoms with Gasteiger partial charge in [-0.3, -0.25) is 0 Å². The second kappa shape index (κ2) is 12.6. The number of nitrogens with zero attached hydrogens (tertiary/aromatic N) is 1. The van der Waals surface area contributed by atoms with Gasteiger partial charge in [0.1, 0.15) is 0 Å². The van der Waals surface area contributed by atoms with E-state index in [1.54, 1.807) is 0 Å². The Kier molecular flexibility index (Phi) is 7.34. The van der Waals surface area contributed by atoms with Crippen molar-refractivity contribution >= 4 is 59.3 Å². The molecule has 0 aliphatic heterocycles. The molecule has 2 aliphatic rings. The molecule has 12 rings (SSSR count). The van der Waals surface area contributed by atoms with Crippen LogP contribution >= 0.6 is 11.3 Å². The SMILES string of the molecule is CC(C)(C)c1ccc(N(c2ccc(-c3ccccc3)cc2)c2cc3c(c4sc5ccccc5c24)-c2c(ccc4ccccc24)C32c3ccccc3-c3ccccc32)cc1. The zero-order valence-corrected chi connectivity index (χ0v) is 34.1. The Labute approximate surface area is 349 Å². The molecule has 0 N–H and O–H groups in total. The summed E-state index contributed by atoms with van der Waals surface area (Å²) in [6, 6.07) is 72.9. The Morgan fingerprint density at radius 3 is 1.73 bits per heavy atom. The predicted octanol–water partition coefficient (Wildman–Crippen LogP) is 16.0. The molecule has 0 fully saturated rings. The predicted molar refractivity (Wildman–Crippen MR) is 252 cm³/mol. The standard InChI is InChI=1S/C57H41NS/c1-56(2,3)39-28-32-41(33-29-39)58(40-30-25-37(26-31-40)36-15-5-4-6-16-36)50-35-49-54(55-53(50)45-21-11-14-24-51(45)59-55)52-42-18-8-7-17-38(42)27-34-48(52)57(49)46-22-12-9-19-43(46)44-20-10-13-23-47(44)57/h4-35H,1-3H3. The van der Waals surface area contributed by atoms with Gasteiger partial charge < -0.3 is 4.90 Å². The second-order valence-electron chi connectivity index (χ2n) is 17.2. The van der Waals surface area contributed by atoms with Crippen molar-refractivity contribution in [1.82, 2.24) is 0 Å². The van der Waals surface area contributed by atoms with E-state index in [-0.39, 0.29) is 5.41 Å². The first-order valence-corrected chi connectivity index (χ1v) is 21.5. The summed E-state index contributed by atoms with van der Waals surface area (Å²) in [5.41, 5.74) is 17.6. The monoisotopic (exact) mass is 771 g/mol. The number of anilines is 3. The van der Waals surface area contributed by atoms with E-state index in [0.29, 0.717) is 0 Å². The molecule has 1 nitrogen and oxygen atoms in total. The van der Waals surface area contributed by atoms with Gasteiger partial charge >= 0.3 is 0 Å². The van der Waals surface area contributed by atoms with Crippen LogP contribution in [0.3, 0.4) is 0 Å². The van der Waals surface area contributed by atoms with Gasteiger partial charge in [-0.05, 0) is 108 Å². The molecule has 1 aromatic heterocycles. The third-order valence-electron chi connectivity index (χ3n) is 13.0. The Morgan fingerprint density at radius 1 is 0.458 bits per heavy atom. The van der Waals surface area contributed by atoms with E-state index in [1.807, 2.05) is 11.3 Å². The maximum Gasteiger partial charge on any atom is 0.0727 e. The van der Waals surface area contributed by atoms with Gasteiger partial charge in [0.15, 0.2) is 0 Å². The highest BCUT2D eigenvalue weighted by Gasteiger charge is 2.53. The molecule has 0 atom stereocenters. The molecule has 0 unspecified atom stereocenters. The van der Waals surface area contributed by atoms with Crippen LogP contribution in [0.1, 0.15) is 48.6 Å². The van der Waals surface area contributed by atoms with Crippen LogP contribution in [0.2, 0.25) is 0 Å². The van der Waals surface area contributed by atoms with E-state index in [9.17, 15) is 0 Å². The average Bonchev–Trinajstić information content (AvgIpc) is 3.92. The van der Waals surface area contributed by atoms with Crippen LogP contribution in [-0.4, -0.2) is 0 Å². The molecule has 1 heterocycles. The molecule has 9 aromatic carbocycles. The minimum Gasteiger partial charge on any atom is -0.310 e. The average molecular weight is 772 g/mol. The van der Waals surface area contributed by atoms with Gasteiger partial charge in [-0.15, -0.1) is 11.3 Å². The molecule has 0 saturated carbocycles. The lowest BCUT2D eigenvalue weighted by atomic mass is 9.70. The number of benzene rings is 9. The molecule has 280 valence electrons. The van der Waals surface area contributed by atoms with Gasteiger partial charge in [0.05, 0.1) is 11.1 Å². The van der Waals surface area contributed by atoms with Gasteiger partial charge in [0.25, 0.3) is 0 Å². The largest absolute Gasteiger partial charge is 0.310 e. The van der Waals surface area contributed by atoms with Crippen LogP contribution in [0.4, 0.5) is 17.1 Å². The van der Waals surface area contributed by atoms with Gasteiger partial charge in [-0.2, -0.15) is 0 Å². The summed E-state index contributed by atoms with van der Waals surface area (Å²) < 4.78 is 2.64. The minimum absolute atomic E-state index is 0.0370. The van der Waals surface area contributed by atoms with Gasteiger partial charge in [0, 0.05) is 37.1 Å². The zero-order valence-electron chi connectivity index (χ0n) is 33.3. The van der Waals surface area contributed by atoms with Crippen LogP contribution < -0.4 is 4.90 Å². The molecule has 0 radical (unpaired) electrons. The maximum absolute atomic E-state index is 2.59. The topological polar surface area (TPSA) is 3.24 Å². The van der Waals surface area contributed by atoms with E-state index in [2.05, 4.69) is 220 Å². The Bertz CT molecular complexity index is 3250. The first-order valence-electron chi connectivity index (χ1n) is 20.7. The van der Waals surface area contributed by atoms with Gasteiger partial charge in [-0.1, -0.05) is 178 Å². The fourth-order valence-corrected chi connectivity index (χ4v) is 11.7. The molecule has 2 aliphatic carbocycles. The highest BCUT2D eigenvalue weighted by atomic mass is 32.1. The summed E-state index contributed by atoms with van der Waals surface area (Å²) in [6.07, 6.45) is 0. The number of hydrogen-bond acceptors (Lipinski definition) is 2. The molecular weight excluding hydrogens is 731 g/mol. The fraction of sp³-hybridized carbons (Fsp3) is 0.0877. The third-order valence-corrected chi connectivity index (χ3v) is 14.2. The van der Waals surface area contributed by atoms with E-state index in [0.717, 1.165) is 11.4 Å². The van der Waals surface area contributed by atoms with Crippen LogP contribution in [0.5, 0.6) is 0 Å². The fourth-order valence-electron chi connectivity index (χ4n) is 10.4. The van der Waals surface area contributed by atoms with Crippen molar-refractivity contribution in [3.63, 3.8) is 0 Å². The lowest BCUT2D eigenvalue weighted by Gasteiger charge is -2.33. The van der Waals surface area contributed by atoms with E-state index in [4.69, 9.17) is 0 Å². The molecule has 0 amide bonds. The van der Waals surface area contributed by atoms with Gasteiger partial charge in [0.2, 0.25) is 0 Å². The quantitative estimate of drug-likeness (QED) is 0.172. The Morgan fingerprint density at radius 2 is 1.03 bits per heavy atom. The molecular formula is C57H41NS. The third kappa shape index (κ3) is 4.84. The van der Waals surface area contributed by atoms with E-state index < -0.39 is 5.41 Å². The van der Waals surface area contributed by atoms with Crippen molar-refractivity contribution in [2.45, 2.75) is 31.6 Å². The number of fused-ring (bicyclic) bond motifs is 16. The van der Waals surface area contributed by atoms with Crippen molar-refractivity contribution < 1.29 is 0 Å². The Hall–Kier alpha value is -6.74. The van der Waals surface area contributed by atoms with Crippen molar-refractivity contribution in [3.8, 4) is 33.4 Å². The Balaban J connectivity index is 1.24. The normalized spacial score (nSPS) is 13.5. The lowest BCUT2D eigenvalue weighted by molar-refractivity contribution is 0.590. The van der Waals surface area contributed by atoms with Crippen LogP contribution in [0.25, 0.3) is 64.3 Å². The molecule has 10 aromatic rings. The number of hydrogen-bond donors (Lipinski definition) is 0. The van der Waals surface area contributed by atoms with Crippen LogP contribution in [-0.2, 0) is 10.8 Å². The first kappa shape index (κ1) is 34.3. The summed E-state index contributed by atoms with van der Waals surface area (Å²) >= 11 is 1.94. The minimum atomic E-state index is -0.500. The van der Waals surface area contributed by atoms with Gasteiger partial charge in [-0.25, -0.2) is 0 Å². The maximum atomic E-state index is 2.59. The molecule has 2 heteroatoms. The summed E-state index contributed by atoms with van der Waals surface area (Å²) in [6.45, 7) is 6.88.